The van der Waals surface area contributed by atoms with Gasteiger partial charge in [0.25, 0.3) is 5.22 Å². The molecule has 1 N–H and O–H groups in total. The number of carboxylic acid groups (broad SMARTS) is 1. The number of fused-ring (bicyclic) bond motifs is 1. The summed E-state index contributed by atoms with van der Waals surface area (Å²) in [5.74, 6) is -0.932. The molecule has 4 rings (SSSR count). The van der Waals surface area contributed by atoms with E-state index in [0.29, 0.717) is 12.3 Å². The molecule has 8 nitrogen and oxygen atoms in total. The zero-order chi connectivity index (χ0) is 19.5. The SMILES string of the molecule is O=C(O)[C@H]1Cc2ccccc2CN1C(=O)CSc1nnc(-c2ccncc2)o1. The molecule has 0 unspecified atom stereocenters. The molecule has 9 heteroatoms. The lowest BCUT2D eigenvalue weighted by Gasteiger charge is -2.34. The minimum absolute atomic E-state index is 0.0178. The van der Waals surface area contributed by atoms with Crippen LogP contribution in [0.5, 0.6) is 0 Å². The van der Waals surface area contributed by atoms with E-state index in [1.807, 2.05) is 24.3 Å². The topological polar surface area (TPSA) is 109 Å². The second kappa shape index (κ2) is 7.81. The average Bonchev–Trinajstić information content (AvgIpc) is 3.20. The van der Waals surface area contributed by atoms with Crippen molar-refractivity contribution in [3.63, 3.8) is 0 Å². The van der Waals surface area contributed by atoms with E-state index in [1.54, 1.807) is 24.5 Å². The first-order valence-corrected chi connectivity index (χ1v) is 9.56. The van der Waals surface area contributed by atoms with Crippen LogP contribution < -0.4 is 0 Å². The van der Waals surface area contributed by atoms with Gasteiger partial charge in [-0.1, -0.05) is 36.0 Å². The second-order valence-electron chi connectivity index (χ2n) is 6.25. The number of benzene rings is 1. The Morgan fingerprint density at radius 1 is 1.14 bits per heavy atom. The third-order valence-electron chi connectivity index (χ3n) is 4.51. The summed E-state index contributed by atoms with van der Waals surface area (Å²) in [5.41, 5.74) is 2.67. The molecule has 0 bridgehead atoms. The first kappa shape index (κ1) is 18.2. The van der Waals surface area contributed by atoms with Crippen molar-refractivity contribution in [2.24, 2.45) is 0 Å². The number of aliphatic carboxylic acids is 1. The monoisotopic (exact) mass is 396 g/mol. The van der Waals surface area contributed by atoms with Crippen LogP contribution >= 0.6 is 11.8 Å². The van der Waals surface area contributed by atoms with Crippen molar-refractivity contribution in [2.45, 2.75) is 24.2 Å². The van der Waals surface area contributed by atoms with Crippen LogP contribution in [0.25, 0.3) is 11.5 Å². The third kappa shape index (κ3) is 3.74. The number of carbonyl (C=O) groups excluding carboxylic acids is 1. The molecule has 0 saturated carbocycles. The first-order chi connectivity index (χ1) is 13.6. The van der Waals surface area contributed by atoms with Gasteiger partial charge in [0.15, 0.2) is 0 Å². The molecule has 0 aliphatic carbocycles. The van der Waals surface area contributed by atoms with Gasteiger partial charge in [-0.15, -0.1) is 10.2 Å². The summed E-state index contributed by atoms with van der Waals surface area (Å²) in [6.45, 7) is 0.276. The lowest BCUT2D eigenvalue weighted by molar-refractivity contribution is -0.150. The summed E-state index contributed by atoms with van der Waals surface area (Å²) in [4.78, 5) is 29.7. The van der Waals surface area contributed by atoms with E-state index in [9.17, 15) is 14.7 Å². The number of hydrogen-bond acceptors (Lipinski definition) is 7. The van der Waals surface area contributed by atoms with Crippen LogP contribution in [0.15, 0.2) is 58.4 Å². The van der Waals surface area contributed by atoms with E-state index in [1.165, 1.54) is 4.90 Å². The van der Waals surface area contributed by atoms with Gasteiger partial charge in [0.05, 0.1) is 5.75 Å². The number of amides is 1. The Morgan fingerprint density at radius 2 is 1.89 bits per heavy atom. The number of aromatic nitrogens is 3. The summed E-state index contributed by atoms with van der Waals surface area (Å²) < 4.78 is 5.56. The highest BCUT2D eigenvalue weighted by Gasteiger charge is 2.34. The third-order valence-corrected chi connectivity index (χ3v) is 5.31. The fourth-order valence-corrected chi connectivity index (χ4v) is 3.74. The summed E-state index contributed by atoms with van der Waals surface area (Å²) >= 11 is 1.09. The predicted octanol–water partition coefficient (Wildman–Crippen LogP) is 2.26. The number of nitrogens with zero attached hydrogens (tertiary/aromatic N) is 4. The van der Waals surface area contributed by atoms with Gasteiger partial charge in [-0.05, 0) is 23.3 Å². The zero-order valence-corrected chi connectivity index (χ0v) is 15.5. The normalized spacial score (nSPS) is 15.9. The van der Waals surface area contributed by atoms with E-state index in [4.69, 9.17) is 4.42 Å². The minimum Gasteiger partial charge on any atom is -0.480 e. The van der Waals surface area contributed by atoms with Crippen molar-refractivity contribution in [3.8, 4) is 11.5 Å². The first-order valence-electron chi connectivity index (χ1n) is 8.57. The maximum absolute atomic E-state index is 12.7. The molecule has 1 amide bonds. The van der Waals surface area contributed by atoms with Gasteiger partial charge in [0.2, 0.25) is 11.8 Å². The van der Waals surface area contributed by atoms with E-state index < -0.39 is 12.0 Å². The quantitative estimate of drug-likeness (QED) is 0.654. The summed E-state index contributed by atoms with van der Waals surface area (Å²) in [7, 11) is 0. The standard InChI is InChI=1S/C19H16N4O4S/c24-16(11-28-19-22-21-17(27-19)12-5-7-20-8-6-12)23-10-14-4-2-1-3-13(14)9-15(23)18(25)26/h1-8,15H,9-11H2,(H,25,26)/t15-/m1/s1. The van der Waals surface area contributed by atoms with Crippen molar-refractivity contribution in [1.82, 2.24) is 20.1 Å². The van der Waals surface area contributed by atoms with Crippen molar-refractivity contribution >= 4 is 23.6 Å². The molecule has 1 aliphatic rings. The molecule has 1 aromatic carbocycles. The van der Waals surface area contributed by atoms with Gasteiger partial charge in [0, 0.05) is 30.9 Å². The van der Waals surface area contributed by atoms with Crippen LogP contribution in [0.3, 0.4) is 0 Å². The van der Waals surface area contributed by atoms with Crippen LogP contribution in [0.1, 0.15) is 11.1 Å². The number of rotatable bonds is 5. The molecule has 0 radical (unpaired) electrons. The van der Waals surface area contributed by atoms with Crippen molar-refractivity contribution in [3.05, 3.63) is 59.9 Å². The molecular weight excluding hydrogens is 380 g/mol. The lowest BCUT2D eigenvalue weighted by Crippen LogP contribution is -2.49. The number of pyridine rings is 1. The fraction of sp³-hybridized carbons (Fsp3) is 0.211. The Labute approximate surface area is 164 Å². The molecule has 0 spiro atoms. The largest absolute Gasteiger partial charge is 0.480 e. The maximum atomic E-state index is 12.7. The van der Waals surface area contributed by atoms with Crippen LogP contribution in [0.2, 0.25) is 0 Å². The summed E-state index contributed by atoms with van der Waals surface area (Å²) in [5, 5.41) is 17.7. The van der Waals surface area contributed by atoms with Crippen LogP contribution in [-0.4, -0.2) is 48.9 Å². The van der Waals surface area contributed by atoms with Crippen molar-refractivity contribution in [1.29, 1.82) is 0 Å². The predicted molar refractivity (Wildman–Crippen MR) is 100 cm³/mol. The lowest BCUT2D eigenvalue weighted by atomic mass is 9.94. The molecule has 2 aromatic heterocycles. The molecule has 3 aromatic rings. The van der Waals surface area contributed by atoms with E-state index in [0.717, 1.165) is 28.5 Å². The molecular formula is C19H16N4O4S. The van der Waals surface area contributed by atoms with Gasteiger partial charge in [-0.3, -0.25) is 9.78 Å². The Morgan fingerprint density at radius 3 is 2.64 bits per heavy atom. The second-order valence-corrected chi connectivity index (χ2v) is 7.17. The van der Waals surface area contributed by atoms with Gasteiger partial charge in [-0.2, -0.15) is 0 Å². The summed E-state index contributed by atoms with van der Waals surface area (Å²) in [6.07, 6.45) is 3.54. The molecule has 1 atom stereocenters. The molecule has 142 valence electrons. The van der Waals surface area contributed by atoms with Crippen molar-refractivity contribution in [2.75, 3.05) is 5.75 Å². The van der Waals surface area contributed by atoms with Crippen LogP contribution in [-0.2, 0) is 22.6 Å². The van der Waals surface area contributed by atoms with Gasteiger partial charge in [0.1, 0.15) is 6.04 Å². The number of hydrogen-bond donors (Lipinski definition) is 1. The Kier molecular flexibility index (Phi) is 5.07. The number of carboxylic acids is 1. The average molecular weight is 396 g/mol. The highest BCUT2D eigenvalue weighted by atomic mass is 32.2. The number of thioether (sulfide) groups is 1. The van der Waals surface area contributed by atoms with E-state index in [2.05, 4.69) is 15.2 Å². The molecule has 3 heterocycles. The van der Waals surface area contributed by atoms with E-state index >= 15 is 0 Å². The highest BCUT2D eigenvalue weighted by molar-refractivity contribution is 7.99. The van der Waals surface area contributed by atoms with Crippen molar-refractivity contribution < 1.29 is 19.1 Å². The summed E-state index contributed by atoms with van der Waals surface area (Å²) in [6, 6.07) is 10.2. The smallest absolute Gasteiger partial charge is 0.326 e. The molecule has 0 saturated heterocycles. The fourth-order valence-electron chi connectivity index (χ4n) is 3.09. The Hall–Kier alpha value is -3.20. The van der Waals surface area contributed by atoms with Gasteiger partial charge < -0.3 is 14.4 Å². The highest BCUT2D eigenvalue weighted by Crippen LogP contribution is 2.26. The molecule has 28 heavy (non-hydrogen) atoms. The molecule has 0 fully saturated rings. The zero-order valence-electron chi connectivity index (χ0n) is 14.7. The minimum atomic E-state index is -1.01. The van der Waals surface area contributed by atoms with Gasteiger partial charge >= 0.3 is 5.97 Å². The van der Waals surface area contributed by atoms with Crippen LogP contribution in [0, 0.1) is 0 Å². The van der Waals surface area contributed by atoms with Crippen LogP contribution in [0.4, 0.5) is 0 Å². The Balaban J connectivity index is 1.44. The Bertz CT molecular complexity index is 1010. The molecule has 1 aliphatic heterocycles. The number of carbonyl (C=O) groups is 2. The van der Waals surface area contributed by atoms with E-state index in [-0.39, 0.29) is 23.4 Å². The maximum Gasteiger partial charge on any atom is 0.326 e. The van der Waals surface area contributed by atoms with Gasteiger partial charge in [-0.25, -0.2) is 4.79 Å².